The zero-order valence-corrected chi connectivity index (χ0v) is 26.5. The summed E-state index contributed by atoms with van der Waals surface area (Å²) in [5.41, 5.74) is -3.93. The Balaban J connectivity index is 3.34. The molecule has 1 aromatic rings. The number of halogens is 1. The van der Waals surface area contributed by atoms with Crippen LogP contribution in [-0.2, 0) is 27.9 Å². The Bertz CT molecular complexity index is 1190. The van der Waals surface area contributed by atoms with Crippen molar-refractivity contribution in [2.75, 3.05) is 49.9 Å². The molecule has 0 aliphatic heterocycles. The average molecular weight is 649 g/mol. The van der Waals surface area contributed by atoms with E-state index in [2.05, 4.69) is 5.32 Å². The van der Waals surface area contributed by atoms with Crippen LogP contribution in [0.5, 0.6) is 0 Å². The van der Waals surface area contributed by atoms with Crippen molar-refractivity contribution < 1.29 is 45.7 Å². The van der Waals surface area contributed by atoms with Crippen LogP contribution in [0, 0.1) is 20.2 Å². The van der Waals surface area contributed by atoms with Gasteiger partial charge in [-0.15, -0.1) is 0 Å². The number of nitro benzene ring substituents is 2. The molecule has 0 aliphatic rings. The standard InChI is InChI=1S/C22H38ClN4O12PS/c1-21(2,3)38-40(33,39-22(4,5)6)36-12-9-24-20(28)17-14-16(26(29)30)15-18(27(31)32)19(17)25(10-8-23)11-13-37-41(7,34)35/h14-15,33,40H,8-13H2,1-7H3,(H,24,28). The van der Waals surface area contributed by atoms with E-state index in [-0.39, 0.29) is 37.8 Å². The number of benzene rings is 1. The number of hydrogen-bond acceptors (Lipinski definition) is 13. The monoisotopic (exact) mass is 648 g/mol. The molecule has 1 aromatic carbocycles. The van der Waals surface area contributed by atoms with Crippen LogP contribution in [0.3, 0.4) is 0 Å². The molecule has 1 amide bonds. The van der Waals surface area contributed by atoms with E-state index in [0.29, 0.717) is 6.07 Å². The van der Waals surface area contributed by atoms with E-state index in [1.165, 1.54) is 4.90 Å². The predicted molar refractivity (Wildman–Crippen MR) is 154 cm³/mol. The van der Waals surface area contributed by atoms with E-state index in [9.17, 15) is 38.3 Å². The molecule has 0 saturated carbocycles. The van der Waals surface area contributed by atoms with Gasteiger partial charge in [0.15, 0.2) is 0 Å². The summed E-state index contributed by atoms with van der Waals surface area (Å²) in [6.45, 7) is 8.77. The number of nitrogens with one attached hydrogen (secondary N) is 1. The number of carbonyl (C=O) groups is 1. The number of nitro groups is 2. The molecule has 0 saturated heterocycles. The average Bonchev–Trinajstić information content (AvgIpc) is 2.76. The quantitative estimate of drug-likeness (QED) is 0.0659. The molecular formula is C22H38ClN4O12PS. The van der Waals surface area contributed by atoms with E-state index < -0.39 is 68.8 Å². The van der Waals surface area contributed by atoms with Crippen LogP contribution in [0.15, 0.2) is 12.1 Å². The minimum absolute atomic E-state index is 0.0906. The van der Waals surface area contributed by atoms with Crippen LogP contribution in [0.1, 0.15) is 51.9 Å². The van der Waals surface area contributed by atoms with Gasteiger partial charge in [0.05, 0.1) is 6.26 Å². The second-order valence-corrected chi connectivity index (χ2v) is 14.4. The molecule has 0 radical (unpaired) electrons. The molecule has 0 atom stereocenters. The molecular weight excluding hydrogens is 611 g/mol. The number of amides is 1. The summed E-state index contributed by atoms with van der Waals surface area (Å²) >= 11 is 5.86. The molecule has 16 nitrogen and oxygen atoms in total. The Labute approximate surface area is 244 Å². The van der Waals surface area contributed by atoms with Gasteiger partial charge in [0.25, 0.3) is 0 Å². The molecule has 0 fully saturated rings. The van der Waals surface area contributed by atoms with Gasteiger partial charge >= 0.3 is 230 Å². The Morgan fingerprint density at radius 2 is 1.61 bits per heavy atom. The van der Waals surface area contributed by atoms with Crippen LogP contribution in [0.4, 0.5) is 17.1 Å². The van der Waals surface area contributed by atoms with Crippen molar-refractivity contribution in [2.45, 2.75) is 52.7 Å². The maximum absolute atomic E-state index is 13.2. The summed E-state index contributed by atoms with van der Waals surface area (Å²) in [4.78, 5) is 47.0. The molecule has 41 heavy (non-hydrogen) atoms. The molecule has 0 aromatic heterocycles. The molecule has 236 valence electrons. The first-order chi connectivity index (χ1) is 18.6. The van der Waals surface area contributed by atoms with Crippen LogP contribution in [0.25, 0.3) is 0 Å². The van der Waals surface area contributed by atoms with Crippen molar-refractivity contribution in [3.8, 4) is 0 Å². The number of carbonyl (C=O) groups excluding carboxylic acids is 1. The summed E-state index contributed by atoms with van der Waals surface area (Å²) in [6.07, 6.45) is 0.817. The van der Waals surface area contributed by atoms with Gasteiger partial charge in [-0.05, 0) is 0 Å². The number of rotatable bonds is 16. The fraction of sp³-hybridized carbons (Fsp3) is 0.682. The molecule has 1 rings (SSSR count). The zero-order valence-electron chi connectivity index (χ0n) is 24.0. The third kappa shape index (κ3) is 13.5. The molecule has 19 heteroatoms. The fourth-order valence-electron chi connectivity index (χ4n) is 3.38. The summed E-state index contributed by atoms with van der Waals surface area (Å²) < 4.78 is 44.3. The number of hydrogen-bond donors (Lipinski definition) is 2. The topological polar surface area (TPSA) is 210 Å². The van der Waals surface area contributed by atoms with Crippen LogP contribution < -0.4 is 10.2 Å². The number of nitrogens with zero attached hydrogens (tertiary/aromatic N) is 3. The van der Waals surface area contributed by atoms with Gasteiger partial charge in [-0.25, -0.2) is 0 Å². The third-order valence-electron chi connectivity index (χ3n) is 4.60. The zero-order chi connectivity index (χ0) is 31.8. The summed E-state index contributed by atoms with van der Waals surface area (Å²) in [5.74, 6) is -1.04. The summed E-state index contributed by atoms with van der Waals surface area (Å²) in [7, 11) is -8.06. The molecule has 0 unspecified atom stereocenters. The SMILES string of the molecule is CC(C)(C)O[PH](O)(OCCNC(=O)c1cc([N+](=O)[O-])cc([N+](=O)[O-])c1N(CCCl)CCOS(C)(=O)=O)OC(C)(C)C. The maximum atomic E-state index is 13.2. The van der Waals surface area contributed by atoms with E-state index in [4.69, 9.17) is 29.4 Å². The molecule has 0 spiro atoms. The van der Waals surface area contributed by atoms with Crippen molar-refractivity contribution in [1.82, 2.24) is 5.32 Å². The van der Waals surface area contributed by atoms with E-state index >= 15 is 0 Å². The van der Waals surface area contributed by atoms with Gasteiger partial charge in [0, 0.05) is 0 Å². The number of non-ortho nitro benzene ring substituents is 1. The van der Waals surface area contributed by atoms with Crippen molar-refractivity contribution in [1.29, 1.82) is 0 Å². The minimum atomic E-state index is -4.21. The Hall–Kier alpha value is -2.24. The fourth-order valence-corrected chi connectivity index (χ4v) is 6.03. The van der Waals surface area contributed by atoms with E-state index in [1.54, 1.807) is 41.5 Å². The first kappa shape index (κ1) is 36.8. The first-order valence-corrected chi connectivity index (χ1v) is 16.3. The van der Waals surface area contributed by atoms with Crippen LogP contribution in [-0.4, -0.2) is 85.3 Å². The Morgan fingerprint density at radius 1 is 1.05 bits per heavy atom. The second-order valence-electron chi connectivity index (χ2n) is 10.6. The van der Waals surface area contributed by atoms with E-state index in [0.717, 1.165) is 12.3 Å². The van der Waals surface area contributed by atoms with Gasteiger partial charge in [-0.2, -0.15) is 8.42 Å². The Morgan fingerprint density at radius 3 is 2.05 bits per heavy atom. The van der Waals surface area contributed by atoms with Crippen molar-refractivity contribution in [2.24, 2.45) is 0 Å². The van der Waals surface area contributed by atoms with Gasteiger partial charge in [0.2, 0.25) is 0 Å². The third-order valence-corrected chi connectivity index (χ3v) is 7.67. The van der Waals surface area contributed by atoms with Crippen molar-refractivity contribution in [3.05, 3.63) is 37.9 Å². The van der Waals surface area contributed by atoms with Gasteiger partial charge in [0.1, 0.15) is 0 Å². The van der Waals surface area contributed by atoms with Crippen LogP contribution >= 0.6 is 19.8 Å². The van der Waals surface area contributed by atoms with Gasteiger partial charge < -0.3 is 0 Å². The summed E-state index contributed by atoms with van der Waals surface area (Å²) in [5, 5.41) is 25.9. The molecule has 0 heterocycles. The van der Waals surface area contributed by atoms with Crippen LogP contribution in [0.2, 0.25) is 0 Å². The first-order valence-electron chi connectivity index (χ1n) is 12.2. The van der Waals surface area contributed by atoms with E-state index in [1.807, 2.05) is 0 Å². The molecule has 0 bridgehead atoms. The molecule has 0 aliphatic carbocycles. The summed E-state index contributed by atoms with van der Waals surface area (Å²) in [6, 6.07) is 1.54. The second kappa shape index (κ2) is 14.8. The Kier molecular flexibility index (Phi) is 13.3. The van der Waals surface area contributed by atoms with Gasteiger partial charge in [-0.3, -0.25) is 0 Å². The van der Waals surface area contributed by atoms with Crippen molar-refractivity contribution >= 4 is 52.9 Å². The normalized spacial score (nSPS) is 13.1. The predicted octanol–water partition coefficient (Wildman–Crippen LogP) is 3.30. The number of alkyl halides is 1. The molecule has 2 N–H and O–H groups in total. The van der Waals surface area contributed by atoms with Gasteiger partial charge in [-0.1, -0.05) is 0 Å². The van der Waals surface area contributed by atoms with Crippen molar-refractivity contribution in [3.63, 3.8) is 0 Å². The number of anilines is 1.